The molecule has 0 unspecified atom stereocenters. The molecule has 2 aromatic carbocycles. The topological polar surface area (TPSA) is 46.5 Å². The van der Waals surface area contributed by atoms with Crippen molar-refractivity contribution in [1.82, 2.24) is 0 Å². The SMILES string of the molecule is O=C(Cc1ccc2c(c1)B(O)OCC2)c1cccc(Cl)c1.[CH3-].[Y]. The fourth-order valence-electron chi connectivity index (χ4n) is 2.53. The van der Waals surface area contributed by atoms with Crippen molar-refractivity contribution < 1.29 is 47.2 Å². The summed E-state index contributed by atoms with van der Waals surface area (Å²) in [6.07, 6.45) is 1.06. The van der Waals surface area contributed by atoms with Crippen molar-refractivity contribution in [3.05, 3.63) is 71.6 Å². The Balaban J connectivity index is 0.00000132. The third-order valence-electron chi connectivity index (χ3n) is 3.63. The largest absolute Gasteiger partial charge is 0.491 e. The second-order valence-corrected chi connectivity index (χ2v) is 5.55. The number of Topliss-reactive ketones (excluding diaryl/α,β-unsaturated/α-hetero) is 1. The summed E-state index contributed by atoms with van der Waals surface area (Å²) in [4.78, 5) is 12.3. The Bertz CT molecular complexity index is 693. The van der Waals surface area contributed by atoms with Gasteiger partial charge in [-0.1, -0.05) is 41.9 Å². The monoisotopic (exact) mass is 404 g/mol. The van der Waals surface area contributed by atoms with Crippen LogP contribution in [0.5, 0.6) is 0 Å². The van der Waals surface area contributed by atoms with Crippen LogP contribution in [0.1, 0.15) is 21.5 Å². The fraction of sp³-hybridized carbons (Fsp3) is 0.176. The standard InChI is InChI=1S/C16H14BClO3.CH3.Y/c18-14-3-1-2-13(10-14)16(19)9-11-4-5-12-6-7-21-17(20)15(12)8-11;;/h1-5,8,10,20H,6-7,9H2;1H3;/q;-1;. The minimum atomic E-state index is -0.894. The zero-order chi connectivity index (χ0) is 14.8. The molecule has 0 spiro atoms. The van der Waals surface area contributed by atoms with Gasteiger partial charge in [-0.05, 0) is 35.1 Å². The molecule has 1 heterocycles. The van der Waals surface area contributed by atoms with Crippen LogP contribution in [0.2, 0.25) is 5.02 Å². The molecule has 0 bridgehead atoms. The Hall–Kier alpha value is -0.511. The molecule has 0 saturated carbocycles. The van der Waals surface area contributed by atoms with Gasteiger partial charge in [0.15, 0.2) is 5.78 Å². The molecule has 1 aliphatic rings. The number of carbonyl (C=O) groups is 1. The quantitative estimate of drug-likeness (QED) is 0.486. The molecule has 6 heteroatoms. The Morgan fingerprint density at radius 3 is 2.78 bits per heavy atom. The van der Waals surface area contributed by atoms with E-state index in [1.54, 1.807) is 24.3 Å². The molecule has 2 aromatic rings. The van der Waals surface area contributed by atoms with Crippen molar-refractivity contribution in [2.75, 3.05) is 6.61 Å². The second-order valence-electron chi connectivity index (χ2n) is 5.12. The molecule has 0 fully saturated rings. The van der Waals surface area contributed by atoms with E-state index in [9.17, 15) is 9.82 Å². The zero-order valence-corrected chi connectivity index (χ0v) is 16.6. The van der Waals surface area contributed by atoms with Crippen LogP contribution in [-0.4, -0.2) is 24.5 Å². The predicted molar refractivity (Wildman–Crippen MR) is 89.6 cm³/mol. The van der Waals surface area contributed by atoms with Gasteiger partial charge in [-0.2, -0.15) is 0 Å². The Labute approximate surface area is 167 Å². The fourth-order valence-corrected chi connectivity index (χ4v) is 2.72. The van der Waals surface area contributed by atoms with Gasteiger partial charge in [0.05, 0.1) is 0 Å². The summed E-state index contributed by atoms with van der Waals surface area (Å²) in [5.41, 5.74) is 3.30. The van der Waals surface area contributed by atoms with Gasteiger partial charge in [-0.25, -0.2) is 0 Å². The second kappa shape index (κ2) is 9.10. The van der Waals surface area contributed by atoms with Gasteiger partial charge in [-0.15, -0.1) is 0 Å². The van der Waals surface area contributed by atoms with Crippen molar-refractivity contribution in [3.63, 3.8) is 0 Å². The van der Waals surface area contributed by atoms with Gasteiger partial charge in [0, 0.05) is 56.3 Å². The van der Waals surface area contributed by atoms with Gasteiger partial charge in [-0.3, -0.25) is 4.79 Å². The average Bonchev–Trinajstić information content (AvgIpc) is 2.48. The molecule has 23 heavy (non-hydrogen) atoms. The van der Waals surface area contributed by atoms with E-state index < -0.39 is 7.12 Å². The van der Waals surface area contributed by atoms with Crippen molar-refractivity contribution in [2.45, 2.75) is 12.8 Å². The molecule has 0 atom stereocenters. The Morgan fingerprint density at radius 2 is 2.04 bits per heavy atom. The predicted octanol–water partition coefficient (Wildman–Crippen LogP) is 2.47. The van der Waals surface area contributed by atoms with E-state index >= 15 is 0 Å². The van der Waals surface area contributed by atoms with Crippen molar-refractivity contribution >= 4 is 30.0 Å². The summed E-state index contributed by atoms with van der Waals surface area (Å²) in [5, 5.41) is 10.4. The van der Waals surface area contributed by atoms with Gasteiger partial charge < -0.3 is 17.1 Å². The van der Waals surface area contributed by atoms with Gasteiger partial charge in [0.25, 0.3) is 0 Å². The number of rotatable bonds is 3. The molecular weight excluding hydrogens is 387 g/mol. The molecule has 0 aromatic heterocycles. The molecule has 1 aliphatic heterocycles. The van der Waals surface area contributed by atoms with Crippen LogP contribution in [0, 0.1) is 7.43 Å². The third-order valence-corrected chi connectivity index (χ3v) is 3.87. The minimum Gasteiger partial charge on any atom is -0.423 e. The van der Waals surface area contributed by atoms with E-state index in [1.807, 2.05) is 18.2 Å². The first-order valence-electron chi connectivity index (χ1n) is 6.83. The summed E-state index contributed by atoms with van der Waals surface area (Å²) >= 11 is 5.90. The summed E-state index contributed by atoms with van der Waals surface area (Å²) in [6, 6.07) is 12.7. The van der Waals surface area contributed by atoms with Crippen LogP contribution in [0.3, 0.4) is 0 Å². The van der Waals surface area contributed by atoms with E-state index in [2.05, 4.69) is 0 Å². The van der Waals surface area contributed by atoms with Crippen LogP contribution in [0.25, 0.3) is 0 Å². The zero-order valence-electron chi connectivity index (χ0n) is 13.0. The maximum atomic E-state index is 12.3. The van der Waals surface area contributed by atoms with Crippen LogP contribution < -0.4 is 5.46 Å². The van der Waals surface area contributed by atoms with Crippen LogP contribution in [-0.2, 0) is 50.2 Å². The molecule has 0 amide bonds. The molecule has 0 saturated heterocycles. The van der Waals surface area contributed by atoms with Crippen molar-refractivity contribution in [1.29, 1.82) is 0 Å². The minimum absolute atomic E-state index is 0. The summed E-state index contributed by atoms with van der Waals surface area (Å²) in [7, 11) is -0.894. The number of benzene rings is 2. The number of fused-ring (bicyclic) bond motifs is 1. The van der Waals surface area contributed by atoms with E-state index in [0.717, 1.165) is 23.0 Å². The first-order valence-corrected chi connectivity index (χ1v) is 7.21. The number of halogens is 1. The molecule has 1 N–H and O–H groups in total. The summed E-state index contributed by atoms with van der Waals surface area (Å²) in [6.45, 7) is 0.523. The Morgan fingerprint density at radius 1 is 1.26 bits per heavy atom. The van der Waals surface area contributed by atoms with Crippen LogP contribution in [0.4, 0.5) is 0 Å². The van der Waals surface area contributed by atoms with Crippen LogP contribution >= 0.6 is 11.6 Å². The van der Waals surface area contributed by atoms with Crippen LogP contribution in [0.15, 0.2) is 42.5 Å². The molecule has 1 radical (unpaired) electrons. The van der Waals surface area contributed by atoms with Crippen molar-refractivity contribution in [2.24, 2.45) is 0 Å². The van der Waals surface area contributed by atoms with E-state index in [-0.39, 0.29) is 52.3 Å². The molecule has 3 nitrogen and oxygen atoms in total. The molecule has 117 valence electrons. The van der Waals surface area contributed by atoms with E-state index in [0.29, 0.717) is 17.2 Å². The summed E-state index contributed by atoms with van der Waals surface area (Å²) in [5.74, 6) is 0.00340. The van der Waals surface area contributed by atoms with E-state index in [1.165, 1.54) is 0 Å². The number of hydrogen-bond donors (Lipinski definition) is 1. The third kappa shape index (κ3) is 4.98. The first-order chi connectivity index (χ1) is 10.1. The maximum absolute atomic E-state index is 12.3. The average molecular weight is 404 g/mol. The summed E-state index contributed by atoms with van der Waals surface area (Å²) < 4.78 is 5.22. The van der Waals surface area contributed by atoms with E-state index in [4.69, 9.17) is 16.3 Å². The number of ketones is 1. The number of carbonyl (C=O) groups excluding carboxylic acids is 1. The van der Waals surface area contributed by atoms with Crippen molar-refractivity contribution in [3.8, 4) is 0 Å². The maximum Gasteiger partial charge on any atom is 0.491 e. The van der Waals surface area contributed by atoms with Gasteiger partial charge >= 0.3 is 7.12 Å². The van der Waals surface area contributed by atoms with Gasteiger partial charge in [0.2, 0.25) is 0 Å². The molecule has 0 aliphatic carbocycles. The van der Waals surface area contributed by atoms with Gasteiger partial charge in [0.1, 0.15) is 0 Å². The number of hydrogen-bond acceptors (Lipinski definition) is 3. The molecular formula is C17H17BClO3Y-. The molecule has 3 rings (SSSR count). The normalized spacial score (nSPS) is 12.7. The smallest absolute Gasteiger partial charge is 0.423 e. The first kappa shape index (κ1) is 20.5. The Kier molecular flexibility index (Phi) is 8.12.